The molecule has 0 heterocycles. The Bertz CT molecular complexity index is 684. The van der Waals surface area contributed by atoms with Crippen LogP contribution < -0.4 is 14.8 Å². The highest BCUT2D eigenvalue weighted by molar-refractivity contribution is 5.43. The highest BCUT2D eigenvalue weighted by Gasteiger charge is 2.07. The summed E-state index contributed by atoms with van der Waals surface area (Å²) in [6, 6.07) is 14.7. The molecule has 3 heteroatoms. The van der Waals surface area contributed by atoms with Gasteiger partial charge < -0.3 is 14.8 Å². The Hall–Kier alpha value is -2.00. The first-order valence-corrected chi connectivity index (χ1v) is 10.9. The Morgan fingerprint density at radius 1 is 0.786 bits per heavy atom. The molecule has 0 saturated heterocycles. The van der Waals surface area contributed by atoms with E-state index in [4.69, 9.17) is 9.47 Å². The smallest absolute Gasteiger partial charge is 0.161 e. The second-order valence-corrected chi connectivity index (χ2v) is 7.44. The molecule has 2 aromatic carbocycles. The van der Waals surface area contributed by atoms with Crippen LogP contribution >= 0.6 is 0 Å². The van der Waals surface area contributed by atoms with Crippen molar-refractivity contribution in [3.8, 4) is 11.5 Å². The molecule has 0 saturated carbocycles. The minimum absolute atomic E-state index is 0.553. The summed E-state index contributed by atoms with van der Waals surface area (Å²) in [5.41, 5.74) is 3.65. The van der Waals surface area contributed by atoms with Gasteiger partial charge in [-0.2, -0.15) is 0 Å². The van der Waals surface area contributed by atoms with E-state index in [1.807, 2.05) is 13.0 Å². The van der Waals surface area contributed by atoms with E-state index in [1.165, 1.54) is 55.2 Å². The molecular formula is C25H37NO2. The van der Waals surface area contributed by atoms with Crippen LogP contribution in [-0.4, -0.2) is 13.2 Å². The number of rotatable bonds is 14. The van der Waals surface area contributed by atoms with E-state index in [-0.39, 0.29) is 0 Å². The summed E-state index contributed by atoms with van der Waals surface area (Å²) in [6.07, 6.45) is 7.98. The SMILES string of the molecule is CCCCCCCCNCc1ccc(OCc2cccc(C)c2)c(OCC)c1. The molecule has 0 radical (unpaired) electrons. The van der Waals surface area contributed by atoms with E-state index >= 15 is 0 Å². The molecule has 0 bridgehead atoms. The van der Waals surface area contributed by atoms with Gasteiger partial charge in [-0.3, -0.25) is 0 Å². The second-order valence-electron chi connectivity index (χ2n) is 7.44. The van der Waals surface area contributed by atoms with Gasteiger partial charge >= 0.3 is 0 Å². The average molecular weight is 384 g/mol. The van der Waals surface area contributed by atoms with Crippen molar-refractivity contribution in [1.29, 1.82) is 0 Å². The van der Waals surface area contributed by atoms with Crippen LogP contribution in [-0.2, 0) is 13.2 Å². The van der Waals surface area contributed by atoms with E-state index in [0.717, 1.165) is 24.6 Å². The highest BCUT2D eigenvalue weighted by atomic mass is 16.5. The molecule has 0 aliphatic carbocycles. The Balaban J connectivity index is 1.80. The molecule has 154 valence electrons. The zero-order chi connectivity index (χ0) is 20.0. The molecule has 0 aliphatic rings. The van der Waals surface area contributed by atoms with E-state index in [1.54, 1.807) is 0 Å². The van der Waals surface area contributed by atoms with Crippen molar-refractivity contribution in [1.82, 2.24) is 5.32 Å². The van der Waals surface area contributed by atoms with Gasteiger partial charge in [-0.05, 0) is 50.1 Å². The summed E-state index contributed by atoms with van der Waals surface area (Å²) in [6.45, 7) is 9.49. The quantitative estimate of drug-likeness (QED) is 0.382. The predicted molar refractivity (Wildman–Crippen MR) is 118 cm³/mol. The minimum atomic E-state index is 0.553. The summed E-state index contributed by atoms with van der Waals surface area (Å²) >= 11 is 0. The lowest BCUT2D eigenvalue weighted by molar-refractivity contribution is 0.269. The largest absolute Gasteiger partial charge is 0.490 e. The molecule has 0 spiro atoms. The van der Waals surface area contributed by atoms with Gasteiger partial charge in [-0.15, -0.1) is 0 Å². The van der Waals surface area contributed by atoms with Gasteiger partial charge in [-0.1, -0.05) is 74.9 Å². The number of hydrogen-bond donors (Lipinski definition) is 1. The van der Waals surface area contributed by atoms with Gasteiger partial charge in [-0.25, -0.2) is 0 Å². The third-order valence-electron chi connectivity index (χ3n) is 4.82. The summed E-state index contributed by atoms with van der Waals surface area (Å²) in [7, 11) is 0. The van der Waals surface area contributed by atoms with E-state index in [9.17, 15) is 0 Å². The van der Waals surface area contributed by atoms with Crippen LogP contribution in [0, 0.1) is 6.92 Å². The molecule has 0 fully saturated rings. The van der Waals surface area contributed by atoms with Crippen LogP contribution in [0.5, 0.6) is 11.5 Å². The van der Waals surface area contributed by atoms with Gasteiger partial charge in [0.05, 0.1) is 6.61 Å². The maximum Gasteiger partial charge on any atom is 0.161 e. The van der Waals surface area contributed by atoms with E-state index in [2.05, 4.69) is 55.6 Å². The number of aryl methyl sites for hydroxylation is 1. The summed E-state index contributed by atoms with van der Waals surface area (Å²) in [4.78, 5) is 0. The molecule has 0 atom stereocenters. The van der Waals surface area contributed by atoms with Gasteiger partial charge in [0.15, 0.2) is 11.5 Å². The molecule has 0 aromatic heterocycles. The Morgan fingerprint density at radius 3 is 2.39 bits per heavy atom. The Kier molecular flexibility index (Phi) is 10.5. The topological polar surface area (TPSA) is 30.5 Å². The monoisotopic (exact) mass is 383 g/mol. The molecule has 0 unspecified atom stereocenters. The van der Waals surface area contributed by atoms with Crippen LogP contribution in [0.1, 0.15) is 69.1 Å². The van der Waals surface area contributed by atoms with Crippen molar-refractivity contribution in [3.05, 3.63) is 59.2 Å². The van der Waals surface area contributed by atoms with Crippen molar-refractivity contribution >= 4 is 0 Å². The minimum Gasteiger partial charge on any atom is -0.490 e. The summed E-state index contributed by atoms with van der Waals surface area (Å²) < 4.78 is 11.8. The van der Waals surface area contributed by atoms with Crippen molar-refractivity contribution in [2.24, 2.45) is 0 Å². The molecule has 0 aliphatic heterocycles. The molecule has 1 N–H and O–H groups in total. The Morgan fingerprint density at radius 2 is 1.61 bits per heavy atom. The predicted octanol–water partition coefficient (Wildman–Crippen LogP) is 6.42. The van der Waals surface area contributed by atoms with Crippen LogP contribution in [0.4, 0.5) is 0 Å². The fourth-order valence-corrected chi connectivity index (χ4v) is 3.28. The van der Waals surface area contributed by atoms with Crippen LogP contribution in [0.25, 0.3) is 0 Å². The Labute approximate surface area is 171 Å². The normalized spacial score (nSPS) is 10.8. The van der Waals surface area contributed by atoms with Gasteiger partial charge in [0.1, 0.15) is 6.61 Å². The van der Waals surface area contributed by atoms with Crippen LogP contribution in [0.3, 0.4) is 0 Å². The number of nitrogens with one attached hydrogen (secondary N) is 1. The van der Waals surface area contributed by atoms with Crippen molar-refractivity contribution in [2.45, 2.75) is 72.4 Å². The van der Waals surface area contributed by atoms with Gasteiger partial charge in [0.2, 0.25) is 0 Å². The average Bonchev–Trinajstić information content (AvgIpc) is 2.70. The third kappa shape index (κ3) is 8.35. The molecule has 2 aromatic rings. The standard InChI is InChI=1S/C25H37NO2/c1-4-6-7-8-9-10-16-26-19-22-14-15-24(25(18-22)27-5-2)28-20-23-13-11-12-21(3)17-23/h11-15,17-18,26H,4-10,16,19-20H2,1-3H3. The molecular weight excluding hydrogens is 346 g/mol. The zero-order valence-corrected chi connectivity index (χ0v) is 17.9. The van der Waals surface area contributed by atoms with Gasteiger partial charge in [0, 0.05) is 6.54 Å². The lowest BCUT2D eigenvalue weighted by Gasteiger charge is -2.14. The molecule has 28 heavy (non-hydrogen) atoms. The first-order chi connectivity index (χ1) is 13.7. The number of unbranched alkanes of at least 4 members (excludes halogenated alkanes) is 5. The zero-order valence-electron chi connectivity index (χ0n) is 17.9. The fraction of sp³-hybridized carbons (Fsp3) is 0.520. The first kappa shape index (κ1) is 22.3. The van der Waals surface area contributed by atoms with Crippen LogP contribution in [0.2, 0.25) is 0 Å². The second kappa shape index (κ2) is 13.2. The maximum atomic E-state index is 6.03. The lowest BCUT2D eigenvalue weighted by atomic mass is 10.1. The summed E-state index contributed by atoms with van der Waals surface area (Å²) in [5, 5.41) is 3.55. The van der Waals surface area contributed by atoms with Crippen LogP contribution in [0.15, 0.2) is 42.5 Å². The lowest BCUT2D eigenvalue weighted by Crippen LogP contribution is -2.14. The molecule has 0 amide bonds. The third-order valence-corrected chi connectivity index (χ3v) is 4.82. The van der Waals surface area contributed by atoms with Gasteiger partial charge in [0.25, 0.3) is 0 Å². The first-order valence-electron chi connectivity index (χ1n) is 10.9. The number of benzene rings is 2. The van der Waals surface area contributed by atoms with Crippen molar-refractivity contribution in [2.75, 3.05) is 13.2 Å². The van der Waals surface area contributed by atoms with Crippen molar-refractivity contribution < 1.29 is 9.47 Å². The van der Waals surface area contributed by atoms with E-state index in [0.29, 0.717) is 13.2 Å². The number of ether oxygens (including phenoxy) is 2. The number of hydrogen-bond acceptors (Lipinski definition) is 3. The molecule has 2 rings (SSSR count). The van der Waals surface area contributed by atoms with E-state index < -0.39 is 0 Å². The fourth-order valence-electron chi connectivity index (χ4n) is 3.28. The van der Waals surface area contributed by atoms with Crippen molar-refractivity contribution in [3.63, 3.8) is 0 Å². The highest BCUT2D eigenvalue weighted by Crippen LogP contribution is 2.29. The summed E-state index contributed by atoms with van der Waals surface area (Å²) in [5.74, 6) is 1.64. The maximum absolute atomic E-state index is 6.03. The molecule has 3 nitrogen and oxygen atoms in total.